The van der Waals surface area contributed by atoms with Gasteiger partial charge in [-0.05, 0) is 74.0 Å². The van der Waals surface area contributed by atoms with Crippen molar-refractivity contribution >= 4 is 35.0 Å². The number of esters is 2. The number of rotatable bonds is 14. The van der Waals surface area contributed by atoms with Crippen molar-refractivity contribution < 1.29 is 33.3 Å². The fraction of sp³-hybridized carbons (Fsp3) is 0.583. The smallest absolute Gasteiger partial charge is 0.329 e. The summed E-state index contributed by atoms with van der Waals surface area (Å²) in [7, 11) is 2.92. The molecule has 2 saturated carbocycles. The molecule has 2 heterocycles. The number of methoxy groups -OCH3 is 2. The average molecular weight is 634 g/mol. The molecule has 0 unspecified atom stereocenters. The number of carbonyl (C=O) groups is 3. The molecule has 3 fully saturated rings. The monoisotopic (exact) mass is 633 g/mol. The zero-order chi connectivity index (χ0) is 33.2. The number of benzene rings is 1. The molecule has 2 aromatic rings. The van der Waals surface area contributed by atoms with E-state index >= 15 is 0 Å². The van der Waals surface area contributed by atoms with Crippen LogP contribution in [0.1, 0.15) is 71.4 Å². The van der Waals surface area contributed by atoms with Crippen molar-refractivity contribution in [3.05, 3.63) is 43.1 Å². The number of allylic oxidation sites excluding steroid dienone is 1. The lowest BCUT2D eigenvalue weighted by atomic mass is 9.77. The highest BCUT2D eigenvalue weighted by atomic mass is 16.6. The van der Waals surface area contributed by atoms with Crippen LogP contribution in [-0.2, 0) is 23.9 Å². The van der Waals surface area contributed by atoms with E-state index in [1.807, 2.05) is 39.0 Å². The van der Waals surface area contributed by atoms with Crippen molar-refractivity contribution in [1.82, 2.24) is 14.9 Å². The van der Waals surface area contributed by atoms with Crippen molar-refractivity contribution in [2.24, 2.45) is 29.1 Å². The van der Waals surface area contributed by atoms with Gasteiger partial charge in [0.05, 0.1) is 44.1 Å². The highest BCUT2D eigenvalue weighted by Crippen LogP contribution is 2.47. The number of amides is 1. The Kier molecular flexibility index (Phi) is 10.0. The first-order valence-corrected chi connectivity index (χ1v) is 16.3. The van der Waals surface area contributed by atoms with Gasteiger partial charge in [0.25, 0.3) is 0 Å². The molecule has 1 aliphatic heterocycles. The Balaban J connectivity index is 1.39. The van der Waals surface area contributed by atoms with Gasteiger partial charge < -0.3 is 23.8 Å². The van der Waals surface area contributed by atoms with E-state index in [2.05, 4.69) is 18.1 Å². The van der Waals surface area contributed by atoms with Crippen molar-refractivity contribution in [2.75, 3.05) is 20.8 Å². The summed E-state index contributed by atoms with van der Waals surface area (Å²) in [5.41, 5.74) is 1.14. The van der Waals surface area contributed by atoms with Crippen LogP contribution in [0.3, 0.4) is 0 Å². The standard InChI is InChI=1S/C36H47N3O7/c1-8-10-11-12-22-17-28(22)45-30(40)19-24(36(3,4)5)34(41)39-20-29(31(21-13-14-21)32(39)35(42)44-7)46-33-25(9-2)37-26-16-15-23(43-6)18-27(26)38-33/h8-9,15-16,18,21-22,24,28-29,31-32H,1-2,10-14,17,19-20H2,3-7H3/t22-,24-,28-,29+,31-,32+/m1/s1. The number of hydrogen-bond acceptors (Lipinski definition) is 9. The summed E-state index contributed by atoms with van der Waals surface area (Å²) in [6, 6.07) is 4.55. The van der Waals surface area contributed by atoms with Crippen molar-refractivity contribution in [3.63, 3.8) is 0 Å². The third kappa shape index (κ3) is 7.37. The van der Waals surface area contributed by atoms with Crippen LogP contribution in [0, 0.1) is 29.1 Å². The van der Waals surface area contributed by atoms with E-state index in [4.69, 9.17) is 23.9 Å². The molecule has 1 aromatic heterocycles. The Morgan fingerprint density at radius 1 is 1.09 bits per heavy atom. The van der Waals surface area contributed by atoms with Gasteiger partial charge in [-0.3, -0.25) is 9.59 Å². The van der Waals surface area contributed by atoms with Gasteiger partial charge in [-0.25, -0.2) is 14.8 Å². The molecule has 46 heavy (non-hydrogen) atoms. The number of carbonyl (C=O) groups excluding carboxylic acids is 3. The highest BCUT2D eigenvalue weighted by molar-refractivity contribution is 5.89. The fourth-order valence-corrected chi connectivity index (χ4v) is 6.69. The molecule has 10 heteroatoms. The molecule has 1 saturated heterocycles. The maximum Gasteiger partial charge on any atom is 0.329 e. The van der Waals surface area contributed by atoms with E-state index in [1.165, 1.54) is 7.11 Å². The lowest BCUT2D eigenvalue weighted by molar-refractivity contribution is -0.158. The molecule has 0 spiro atoms. The maximum atomic E-state index is 14.4. The molecule has 1 aromatic carbocycles. The Labute approximate surface area is 271 Å². The van der Waals surface area contributed by atoms with Gasteiger partial charge in [0, 0.05) is 12.0 Å². The van der Waals surface area contributed by atoms with E-state index in [-0.39, 0.29) is 48.7 Å². The zero-order valence-electron chi connectivity index (χ0n) is 27.7. The Morgan fingerprint density at radius 3 is 2.48 bits per heavy atom. The molecule has 0 N–H and O–H groups in total. The van der Waals surface area contributed by atoms with Crippen LogP contribution in [0.4, 0.5) is 0 Å². The SMILES string of the molecule is C=CCCC[C@@H]1C[C@H]1OC(=O)C[C@H](C(=O)N1C[C@H](Oc2nc3cc(OC)ccc3nc2C=C)[C@@H](C2CC2)[C@H]1C(=O)OC)C(C)(C)C. The van der Waals surface area contributed by atoms with Crippen molar-refractivity contribution in [1.29, 1.82) is 0 Å². The molecule has 248 valence electrons. The molecule has 0 radical (unpaired) electrons. The number of aromatic nitrogens is 2. The molecule has 5 rings (SSSR count). The minimum absolute atomic E-state index is 0.0686. The molecule has 3 aliphatic rings. The minimum atomic E-state index is -0.853. The number of likely N-dealkylation sites (tertiary alicyclic amines) is 1. The van der Waals surface area contributed by atoms with Gasteiger partial charge in [0.15, 0.2) is 0 Å². The van der Waals surface area contributed by atoms with Gasteiger partial charge in [-0.1, -0.05) is 33.4 Å². The largest absolute Gasteiger partial charge is 0.497 e. The number of unbranched alkanes of at least 4 members (excludes halogenated alkanes) is 1. The highest BCUT2D eigenvalue weighted by Gasteiger charge is 2.57. The first-order chi connectivity index (χ1) is 22.0. The Bertz CT molecular complexity index is 1480. The second-order valence-electron chi connectivity index (χ2n) is 13.9. The Hall–Kier alpha value is -3.95. The van der Waals surface area contributed by atoms with Gasteiger partial charge in [0.2, 0.25) is 11.8 Å². The van der Waals surface area contributed by atoms with Crippen LogP contribution in [0.15, 0.2) is 37.4 Å². The molecule has 6 atom stereocenters. The van der Waals surface area contributed by atoms with Crippen LogP contribution in [0.25, 0.3) is 17.1 Å². The first kappa shape index (κ1) is 33.4. The Morgan fingerprint density at radius 2 is 1.85 bits per heavy atom. The van der Waals surface area contributed by atoms with E-state index in [0.717, 1.165) is 38.5 Å². The molecule has 0 bridgehead atoms. The zero-order valence-corrected chi connectivity index (χ0v) is 27.7. The summed E-state index contributed by atoms with van der Waals surface area (Å²) >= 11 is 0. The summed E-state index contributed by atoms with van der Waals surface area (Å²) in [6.45, 7) is 13.6. The van der Waals surface area contributed by atoms with Crippen molar-refractivity contribution in [3.8, 4) is 11.6 Å². The van der Waals surface area contributed by atoms with E-state index in [9.17, 15) is 14.4 Å². The summed E-state index contributed by atoms with van der Waals surface area (Å²) < 4.78 is 23.0. The lowest BCUT2D eigenvalue weighted by Crippen LogP contribution is -2.49. The van der Waals surface area contributed by atoms with E-state index in [0.29, 0.717) is 28.4 Å². The molecule has 10 nitrogen and oxygen atoms in total. The summed E-state index contributed by atoms with van der Waals surface area (Å²) in [4.78, 5) is 52.0. The van der Waals surface area contributed by atoms with Crippen LogP contribution in [0.5, 0.6) is 11.6 Å². The third-order valence-corrected chi connectivity index (χ3v) is 9.56. The van der Waals surface area contributed by atoms with Crippen LogP contribution >= 0.6 is 0 Å². The first-order valence-electron chi connectivity index (χ1n) is 16.3. The second-order valence-corrected chi connectivity index (χ2v) is 13.9. The van der Waals surface area contributed by atoms with Gasteiger partial charge in [0.1, 0.15) is 29.7 Å². The van der Waals surface area contributed by atoms with Crippen LogP contribution < -0.4 is 9.47 Å². The number of ether oxygens (including phenoxy) is 4. The van der Waals surface area contributed by atoms with Crippen molar-refractivity contribution in [2.45, 2.75) is 84.0 Å². The number of fused-ring (bicyclic) bond motifs is 1. The van der Waals surface area contributed by atoms with Crippen LogP contribution in [-0.4, -0.2) is 71.7 Å². The molecular weight excluding hydrogens is 586 g/mol. The summed E-state index contributed by atoms with van der Waals surface area (Å²) in [5, 5.41) is 0. The number of hydrogen-bond donors (Lipinski definition) is 0. The van der Waals surface area contributed by atoms with Gasteiger partial charge in [-0.2, -0.15) is 0 Å². The summed E-state index contributed by atoms with van der Waals surface area (Å²) in [6.07, 6.45) is 8.41. The normalized spacial score (nSPS) is 24.6. The van der Waals surface area contributed by atoms with E-state index < -0.39 is 29.4 Å². The average Bonchev–Trinajstić information content (AvgIpc) is 3.96. The third-order valence-electron chi connectivity index (χ3n) is 9.56. The predicted molar refractivity (Wildman–Crippen MR) is 174 cm³/mol. The molecule has 1 amide bonds. The topological polar surface area (TPSA) is 117 Å². The van der Waals surface area contributed by atoms with Gasteiger partial charge >= 0.3 is 11.9 Å². The quantitative estimate of drug-likeness (QED) is 0.145. The summed E-state index contributed by atoms with van der Waals surface area (Å²) in [5.74, 6) is -0.735. The molecular formula is C36H47N3O7. The second kappa shape index (κ2) is 13.8. The van der Waals surface area contributed by atoms with Gasteiger partial charge in [-0.15, -0.1) is 6.58 Å². The maximum absolute atomic E-state index is 14.4. The lowest BCUT2D eigenvalue weighted by Gasteiger charge is -2.34. The van der Waals surface area contributed by atoms with Crippen LogP contribution in [0.2, 0.25) is 0 Å². The number of nitrogens with zero attached hydrogens (tertiary/aromatic N) is 3. The van der Waals surface area contributed by atoms with E-state index in [1.54, 1.807) is 24.2 Å². The molecule has 2 aliphatic carbocycles. The predicted octanol–water partition coefficient (Wildman–Crippen LogP) is 5.78. The minimum Gasteiger partial charge on any atom is -0.497 e. The fourth-order valence-electron chi connectivity index (χ4n) is 6.69.